The molecule has 0 saturated heterocycles. The van der Waals surface area contributed by atoms with Gasteiger partial charge in [0.25, 0.3) is 0 Å². The summed E-state index contributed by atoms with van der Waals surface area (Å²) >= 11 is 0. The lowest BCUT2D eigenvalue weighted by Crippen LogP contribution is -2.68. The number of allylic oxidation sites excluding steroid dienone is 5. The van der Waals surface area contributed by atoms with Crippen LogP contribution in [0.25, 0.3) is 0 Å². The first-order valence-corrected chi connectivity index (χ1v) is 24.8. The van der Waals surface area contributed by atoms with Crippen LogP contribution in [0.2, 0.25) is 0 Å². The van der Waals surface area contributed by atoms with E-state index in [-0.39, 0.29) is 39.8 Å². The maximum absolute atomic E-state index is 13.6. The molecule has 0 bridgehead atoms. The number of esters is 2. The Labute approximate surface area is 369 Å². The van der Waals surface area contributed by atoms with Crippen molar-refractivity contribution in [1.29, 1.82) is 0 Å². The van der Waals surface area contributed by atoms with Gasteiger partial charge in [0.2, 0.25) is 0 Å². The number of fused-ring (bicyclic) bond motifs is 7. The second-order valence-corrected chi connectivity index (χ2v) is 23.3. The Balaban J connectivity index is 1.01. The Morgan fingerprint density at radius 2 is 1.56 bits per heavy atom. The van der Waals surface area contributed by atoms with Gasteiger partial charge in [0.1, 0.15) is 12.0 Å². The van der Waals surface area contributed by atoms with E-state index in [1.165, 1.54) is 68.1 Å². The number of benzene rings is 1. The normalized spacial score (nSPS) is 42.7. The Hall–Kier alpha value is -2.70. The fourth-order valence-electron chi connectivity index (χ4n) is 16.4. The van der Waals surface area contributed by atoms with Crippen LogP contribution in [0.5, 0.6) is 0 Å². The number of rotatable bonds is 11. The Bertz CT molecular complexity index is 1890. The van der Waals surface area contributed by atoms with E-state index < -0.39 is 17.0 Å². The van der Waals surface area contributed by atoms with Crippen LogP contribution in [0.4, 0.5) is 0 Å². The smallest absolute Gasteiger partial charge is 0.338 e. The summed E-state index contributed by atoms with van der Waals surface area (Å²) in [6, 6.07) is 9.04. The molecule has 0 spiro atoms. The first-order chi connectivity index (χ1) is 28.9. The molecule has 0 amide bonds. The summed E-state index contributed by atoms with van der Waals surface area (Å²) in [5.41, 5.74) is 4.29. The number of hydrogen-bond acceptors (Lipinski definition) is 6. The van der Waals surface area contributed by atoms with Crippen molar-refractivity contribution >= 4 is 11.9 Å². The zero-order valence-corrected chi connectivity index (χ0v) is 39.4. The molecule has 8 rings (SSSR count). The third-order valence-corrected chi connectivity index (χ3v) is 20.1. The van der Waals surface area contributed by atoms with E-state index in [1.807, 2.05) is 25.1 Å². The third-order valence-electron chi connectivity index (χ3n) is 20.1. The van der Waals surface area contributed by atoms with Crippen molar-refractivity contribution in [3.05, 3.63) is 71.3 Å². The number of nitrogens with one attached hydrogen (secondary N) is 1. The van der Waals surface area contributed by atoms with E-state index >= 15 is 0 Å². The summed E-state index contributed by atoms with van der Waals surface area (Å²) in [5.74, 6) is 3.20. The van der Waals surface area contributed by atoms with Crippen molar-refractivity contribution in [2.75, 3.05) is 19.8 Å². The fourth-order valence-corrected chi connectivity index (χ4v) is 16.4. The van der Waals surface area contributed by atoms with Crippen LogP contribution in [0.15, 0.2) is 65.8 Å². The van der Waals surface area contributed by atoms with Gasteiger partial charge in [0.05, 0.1) is 17.8 Å². The summed E-state index contributed by atoms with van der Waals surface area (Å²) in [5, 5.41) is 15.8. The largest absolute Gasteiger partial charge is 0.465 e. The quantitative estimate of drug-likeness (QED) is 0.171. The molecule has 6 heteroatoms. The summed E-state index contributed by atoms with van der Waals surface area (Å²) in [4.78, 5) is 26.6. The van der Waals surface area contributed by atoms with Crippen molar-refractivity contribution in [2.24, 2.45) is 62.6 Å². The topological polar surface area (TPSA) is 84.9 Å². The van der Waals surface area contributed by atoms with Gasteiger partial charge in [0.15, 0.2) is 0 Å². The minimum Gasteiger partial charge on any atom is -0.465 e. The molecular formula is C55H81NO5. The second-order valence-electron chi connectivity index (χ2n) is 23.3. The Morgan fingerprint density at radius 3 is 2.23 bits per heavy atom. The lowest BCUT2D eigenvalue weighted by atomic mass is 9.33. The highest BCUT2D eigenvalue weighted by molar-refractivity contribution is 5.89. The molecule has 0 aromatic heterocycles. The van der Waals surface area contributed by atoms with Crippen LogP contribution in [-0.4, -0.2) is 47.9 Å². The summed E-state index contributed by atoms with van der Waals surface area (Å²) in [7, 11) is 0. The van der Waals surface area contributed by atoms with Gasteiger partial charge in [-0.2, -0.15) is 0 Å². The third kappa shape index (κ3) is 7.46. The summed E-state index contributed by atoms with van der Waals surface area (Å²) < 4.78 is 11.5. The van der Waals surface area contributed by atoms with E-state index in [2.05, 4.69) is 72.5 Å². The molecule has 7 aliphatic rings. The lowest BCUT2D eigenvalue weighted by molar-refractivity contribution is -0.221. The lowest BCUT2D eigenvalue weighted by Gasteiger charge is -2.72. The van der Waals surface area contributed by atoms with E-state index in [4.69, 9.17) is 9.47 Å². The van der Waals surface area contributed by atoms with E-state index in [0.29, 0.717) is 54.6 Å². The van der Waals surface area contributed by atoms with E-state index in [9.17, 15) is 14.7 Å². The molecule has 0 radical (unpaired) electrons. The summed E-state index contributed by atoms with van der Waals surface area (Å²) in [6.45, 7) is 25.6. The molecule has 2 N–H and O–H groups in total. The zero-order valence-electron chi connectivity index (χ0n) is 39.4. The molecule has 0 aliphatic heterocycles. The molecule has 61 heavy (non-hydrogen) atoms. The number of ether oxygens (including phenoxy) is 2. The minimum atomic E-state index is -0.872. The van der Waals surface area contributed by atoms with Gasteiger partial charge >= 0.3 is 11.9 Å². The maximum atomic E-state index is 13.6. The predicted molar refractivity (Wildman–Crippen MR) is 246 cm³/mol. The van der Waals surface area contributed by atoms with Crippen LogP contribution >= 0.6 is 0 Å². The van der Waals surface area contributed by atoms with Crippen LogP contribution in [0.1, 0.15) is 175 Å². The Kier molecular flexibility index (Phi) is 12.1. The monoisotopic (exact) mass is 836 g/mol. The molecule has 10 atom stereocenters. The standard InChI is InChI=1S/C55H81NO5/c1-10-60-48(58)53(36-61-47(57)40-14-12-11-13-15-40)27-20-39(21-28-53)42-23-25-50(7)44(49(42,5)6)24-26-52(9)45(50)17-16-43-46-41(37(2)3)22-31-55(46,33-32-51(43,52)8)56-35-34-54(59)29-18-38(4)19-30-54/h11-15,20,23,38,41,43-46,56,59H,2,10,16-19,21-22,24-36H2,1,3-9H3/t38?,41-,43+,44-,45+,46+,50-,51+,52+,53+,54?,55-/m0/s1. The molecule has 336 valence electrons. The van der Waals surface area contributed by atoms with Crippen molar-refractivity contribution in [2.45, 2.75) is 176 Å². The van der Waals surface area contributed by atoms with Gasteiger partial charge in [0, 0.05) is 5.54 Å². The molecule has 0 heterocycles. The van der Waals surface area contributed by atoms with Crippen LogP contribution in [0, 0.1) is 62.6 Å². The van der Waals surface area contributed by atoms with Crippen LogP contribution in [0.3, 0.4) is 0 Å². The molecule has 6 nitrogen and oxygen atoms in total. The van der Waals surface area contributed by atoms with Gasteiger partial charge in [-0.15, -0.1) is 0 Å². The highest BCUT2D eigenvalue weighted by Gasteiger charge is 2.70. The highest BCUT2D eigenvalue weighted by atomic mass is 16.6. The van der Waals surface area contributed by atoms with Crippen molar-refractivity contribution in [3.8, 4) is 0 Å². The van der Waals surface area contributed by atoms with Gasteiger partial charge in [-0.1, -0.05) is 84.0 Å². The molecule has 1 aromatic carbocycles. The Morgan fingerprint density at radius 1 is 0.820 bits per heavy atom. The summed E-state index contributed by atoms with van der Waals surface area (Å²) in [6.07, 6.45) is 23.2. The molecule has 7 aliphatic carbocycles. The van der Waals surface area contributed by atoms with E-state index in [1.54, 1.807) is 12.1 Å². The van der Waals surface area contributed by atoms with Crippen molar-refractivity contribution < 1.29 is 24.2 Å². The number of aliphatic hydroxyl groups is 1. The number of hydrogen-bond donors (Lipinski definition) is 2. The molecule has 5 saturated carbocycles. The van der Waals surface area contributed by atoms with Gasteiger partial charge in [-0.25, -0.2) is 4.79 Å². The van der Waals surface area contributed by atoms with Crippen molar-refractivity contribution in [1.82, 2.24) is 5.32 Å². The molecule has 1 aromatic rings. The number of carbonyl (C=O) groups excluding carboxylic acids is 2. The number of carbonyl (C=O) groups is 2. The first kappa shape index (κ1) is 44.9. The SMILES string of the molecule is C=C(C)[C@@H]1CC[C@]2(NCCC3(O)CCC(C)CC3)CC[C@]3(C)[C@H](CC[C@@H]4[C@@]5(C)CC=C(C6=CC[C@@](COC(=O)c7ccccc7)(C(=O)OCC)CC6)C(C)(C)[C@@H]5CC[C@]43C)[C@@H]12. The highest BCUT2D eigenvalue weighted by Crippen LogP contribution is 2.76. The zero-order chi connectivity index (χ0) is 43.6. The average molecular weight is 836 g/mol. The molecule has 0 unspecified atom stereocenters. The predicted octanol–water partition coefficient (Wildman–Crippen LogP) is 12.4. The van der Waals surface area contributed by atoms with Gasteiger partial charge < -0.3 is 19.9 Å². The fraction of sp³-hybridized carbons (Fsp3) is 0.745. The van der Waals surface area contributed by atoms with Crippen LogP contribution in [-0.2, 0) is 14.3 Å². The van der Waals surface area contributed by atoms with E-state index in [0.717, 1.165) is 57.4 Å². The molecular weight excluding hydrogens is 755 g/mol. The van der Waals surface area contributed by atoms with Crippen molar-refractivity contribution in [3.63, 3.8) is 0 Å². The van der Waals surface area contributed by atoms with Crippen LogP contribution < -0.4 is 5.32 Å². The average Bonchev–Trinajstić information content (AvgIpc) is 3.62. The van der Waals surface area contributed by atoms with Gasteiger partial charge in [-0.05, 0) is 210 Å². The second kappa shape index (κ2) is 16.4. The first-order valence-electron chi connectivity index (χ1n) is 24.8. The minimum absolute atomic E-state index is 0.00417. The van der Waals surface area contributed by atoms with Gasteiger partial charge in [-0.3, -0.25) is 4.79 Å². The maximum Gasteiger partial charge on any atom is 0.338 e. The molecule has 5 fully saturated rings.